The lowest BCUT2D eigenvalue weighted by Crippen LogP contribution is -2.46. The molecule has 1 aliphatic rings. The van der Waals surface area contributed by atoms with E-state index in [1.54, 1.807) is 23.7 Å². The third kappa shape index (κ3) is 6.25. The first-order chi connectivity index (χ1) is 19.1. The Morgan fingerprint density at radius 1 is 0.976 bits per heavy atom. The van der Waals surface area contributed by atoms with Crippen LogP contribution in [0.4, 0.5) is 23.4 Å². The molecule has 0 N–H and O–H groups in total. The zero-order valence-corrected chi connectivity index (χ0v) is 24.7. The summed E-state index contributed by atoms with van der Waals surface area (Å²) in [7, 11) is 1.43. The molecular weight excluding hydrogens is 590 g/mol. The molecule has 0 spiro atoms. The number of aromatic nitrogens is 2. The molecule has 12 heteroatoms. The molecule has 0 bridgehead atoms. The van der Waals surface area contributed by atoms with Crippen LogP contribution in [0.25, 0.3) is 5.69 Å². The van der Waals surface area contributed by atoms with Gasteiger partial charge in [0, 0.05) is 30.6 Å². The largest absolute Gasteiger partial charge is 0.416 e. The third-order valence-corrected chi connectivity index (χ3v) is 7.04. The Morgan fingerprint density at radius 2 is 1.64 bits per heavy atom. The van der Waals surface area contributed by atoms with Crippen molar-refractivity contribution in [3.63, 3.8) is 0 Å². The lowest BCUT2D eigenvalue weighted by Gasteiger charge is -2.38. The number of rotatable bonds is 7. The number of benzene rings is 3. The fourth-order valence-corrected chi connectivity index (χ4v) is 5.26. The van der Waals surface area contributed by atoms with Gasteiger partial charge in [-0.05, 0) is 48.9 Å². The molecule has 1 amide bonds. The van der Waals surface area contributed by atoms with Crippen molar-refractivity contribution in [3.8, 4) is 5.69 Å². The van der Waals surface area contributed by atoms with E-state index in [0.717, 1.165) is 12.1 Å². The number of anilines is 1. The zero-order chi connectivity index (χ0) is 28.6. The number of carbonyl (C=O) groups is 2. The van der Waals surface area contributed by atoms with Crippen LogP contribution < -0.4 is 4.90 Å². The molecule has 2 heterocycles. The van der Waals surface area contributed by atoms with Crippen molar-refractivity contribution in [2.45, 2.75) is 25.4 Å². The predicted molar refractivity (Wildman–Crippen MR) is 161 cm³/mol. The van der Waals surface area contributed by atoms with Crippen molar-refractivity contribution >= 4 is 44.5 Å². The molecule has 0 unspecified atom stereocenters. The maximum atomic E-state index is 14.1. The molecule has 0 fully saturated rings. The molecule has 1 aliphatic heterocycles. The van der Waals surface area contributed by atoms with Crippen LogP contribution in [0.1, 0.15) is 45.1 Å². The Morgan fingerprint density at radius 3 is 2.26 bits per heavy atom. The zero-order valence-electron chi connectivity index (χ0n) is 22.7. The van der Waals surface area contributed by atoms with Crippen LogP contribution in [0.15, 0.2) is 78.9 Å². The number of halogens is 4. The Labute approximate surface area is 254 Å². The van der Waals surface area contributed by atoms with Crippen molar-refractivity contribution in [3.05, 3.63) is 113 Å². The average Bonchev–Trinajstić information content (AvgIpc) is 3.28. The highest BCUT2D eigenvalue weighted by atomic mass is 32.1. The second-order valence-electron chi connectivity index (χ2n) is 9.60. The average molecular weight is 620 g/mol. The van der Waals surface area contributed by atoms with Crippen molar-refractivity contribution < 1.29 is 31.9 Å². The van der Waals surface area contributed by atoms with E-state index in [1.807, 2.05) is 30.3 Å². The van der Waals surface area contributed by atoms with E-state index < -0.39 is 41.1 Å². The minimum absolute atomic E-state index is 0. The van der Waals surface area contributed by atoms with Gasteiger partial charge in [0.1, 0.15) is 18.4 Å². The van der Waals surface area contributed by atoms with Gasteiger partial charge in [-0.2, -0.15) is 45.3 Å². The molecule has 0 saturated heterocycles. The van der Waals surface area contributed by atoms with Crippen LogP contribution >= 0.6 is 27.0 Å². The molecule has 2 atom stereocenters. The van der Waals surface area contributed by atoms with Crippen molar-refractivity contribution in [2.75, 3.05) is 18.7 Å². The number of fused-ring (bicyclic) bond motifs is 1. The van der Waals surface area contributed by atoms with Gasteiger partial charge in [-0.15, -0.1) is 0 Å². The Kier molecular flexibility index (Phi) is 10.3. The van der Waals surface area contributed by atoms with E-state index in [1.165, 1.54) is 36.3 Å². The van der Waals surface area contributed by atoms with Gasteiger partial charge in [0.05, 0.1) is 22.9 Å². The molecule has 6 nitrogen and oxygen atoms in total. The van der Waals surface area contributed by atoms with Gasteiger partial charge < -0.3 is 4.74 Å². The minimum Gasteiger partial charge on any atom is -0.364 e. The molecule has 0 radical (unpaired) electrons. The lowest BCUT2D eigenvalue weighted by molar-refractivity contribution is -0.137. The highest BCUT2D eigenvalue weighted by Crippen LogP contribution is 2.47. The molecule has 5 rings (SSSR count). The highest BCUT2D eigenvalue weighted by molar-refractivity contribution is 7.59. The van der Waals surface area contributed by atoms with E-state index in [9.17, 15) is 27.2 Å². The Hall–Kier alpha value is -3.61. The first-order valence-corrected chi connectivity index (χ1v) is 12.5. The summed E-state index contributed by atoms with van der Waals surface area (Å²) in [6.07, 6.45) is -5.00. The summed E-state index contributed by atoms with van der Waals surface area (Å²) in [6.45, 7) is 1.63. The molecule has 42 heavy (non-hydrogen) atoms. The number of ketones is 1. The third-order valence-electron chi connectivity index (χ3n) is 7.04. The fourth-order valence-electron chi connectivity index (χ4n) is 5.26. The first-order valence-electron chi connectivity index (χ1n) is 12.5. The van der Waals surface area contributed by atoms with E-state index in [-0.39, 0.29) is 45.7 Å². The maximum Gasteiger partial charge on any atom is 0.416 e. The van der Waals surface area contributed by atoms with Gasteiger partial charge >= 0.3 is 6.18 Å². The summed E-state index contributed by atoms with van der Waals surface area (Å²) < 4.78 is 60.9. The van der Waals surface area contributed by atoms with E-state index >= 15 is 0 Å². The maximum absolute atomic E-state index is 14.1. The van der Waals surface area contributed by atoms with Gasteiger partial charge in [0.15, 0.2) is 5.78 Å². The lowest BCUT2D eigenvalue weighted by atomic mass is 9.74. The Balaban J connectivity index is 0.00000242. The molecule has 4 aromatic rings. The number of hydrogen-bond acceptors (Lipinski definition) is 4. The van der Waals surface area contributed by atoms with E-state index in [4.69, 9.17) is 9.84 Å². The number of Topliss-reactive ketones (excluding diaryl/α,β-unsaturated/α-hetero) is 1. The topological polar surface area (TPSA) is 64.4 Å². The van der Waals surface area contributed by atoms with Gasteiger partial charge in [0.2, 0.25) is 5.91 Å². The monoisotopic (exact) mass is 619 g/mol. The quantitative estimate of drug-likeness (QED) is 0.174. The summed E-state index contributed by atoms with van der Waals surface area (Å²) >= 11 is 0. The van der Waals surface area contributed by atoms with E-state index in [0.29, 0.717) is 28.3 Å². The van der Waals surface area contributed by atoms with Gasteiger partial charge in [-0.25, -0.2) is 9.07 Å². The first kappa shape index (κ1) is 32.9. The molecule has 1 aromatic heterocycles. The number of nitrogens with zero attached hydrogens (tertiary/aromatic N) is 3. The number of alkyl halides is 3. The number of carbonyl (C=O) groups excluding carboxylic acids is 2. The summed E-state index contributed by atoms with van der Waals surface area (Å²) in [6, 6.07) is 18.9. The number of methoxy groups -OCH3 is 1. The van der Waals surface area contributed by atoms with Crippen LogP contribution in [0.2, 0.25) is 0 Å². The van der Waals surface area contributed by atoms with Crippen molar-refractivity contribution in [2.24, 2.45) is 5.92 Å². The molecule has 222 valence electrons. The summed E-state index contributed by atoms with van der Waals surface area (Å²) in [5, 5.41) is 4.72. The molecule has 0 saturated carbocycles. The number of para-hydroxylation sites is 1. The minimum atomic E-state index is -4.62. The molecule has 3 aromatic carbocycles. The second-order valence-corrected chi connectivity index (χ2v) is 9.60. The Bertz CT molecular complexity index is 1560. The standard InChI is InChI=1S/C30H25F4N3O3.2H2S/c1-18-26-27(19-11-13-22(31)14-12-19)24(16-25(38)20-7-6-8-21(15-20)30(32,33)34)29(39)36(17-40-2)28(26)37(35-18)23-9-4-3-5-10-23;;/h3-15,24,27H,16-17H2,1-2H3;2*1H2/t24-,27+;;/m0../s1. The molecular formula is C30H29F4N3O3S2. The summed E-state index contributed by atoms with van der Waals surface area (Å²) in [5.74, 6) is -2.83. The summed E-state index contributed by atoms with van der Waals surface area (Å²) in [4.78, 5) is 28.9. The number of hydrogen-bond donors (Lipinski definition) is 0. The summed E-state index contributed by atoms with van der Waals surface area (Å²) in [5.41, 5.74) is 1.39. The van der Waals surface area contributed by atoms with Gasteiger partial charge in [-0.3, -0.25) is 14.5 Å². The SMILES string of the molecule is COCN1C(=O)[C@@H](CC(=O)c2cccc(C(F)(F)F)c2)[C@@H](c2ccc(F)cc2)c2c(C)nn(-c3ccccc3)c21.S.S. The van der Waals surface area contributed by atoms with Crippen molar-refractivity contribution in [1.29, 1.82) is 0 Å². The second kappa shape index (κ2) is 13.1. The number of amides is 1. The van der Waals surface area contributed by atoms with Crippen LogP contribution in [-0.2, 0) is 15.7 Å². The van der Waals surface area contributed by atoms with Crippen LogP contribution in [0.5, 0.6) is 0 Å². The van der Waals surface area contributed by atoms with Crippen LogP contribution in [0.3, 0.4) is 0 Å². The van der Waals surface area contributed by atoms with Gasteiger partial charge in [-0.1, -0.05) is 42.5 Å². The van der Waals surface area contributed by atoms with Gasteiger partial charge in [0.25, 0.3) is 0 Å². The normalized spacial score (nSPS) is 16.3. The number of ether oxygens (including phenoxy) is 1. The van der Waals surface area contributed by atoms with Crippen LogP contribution in [-0.4, -0.2) is 35.3 Å². The number of aryl methyl sites for hydroxylation is 1. The van der Waals surface area contributed by atoms with Crippen LogP contribution in [0, 0.1) is 18.7 Å². The highest BCUT2D eigenvalue weighted by Gasteiger charge is 2.46. The molecule has 0 aliphatic carbocycles. The van der Waals surface area contributed by atoms with Crippen molar-refractivity contribution in [1.82, 2.24) is 9.78 Å². The predicted octanol–water partition coefficient (Wildman–Crippen LogP) is 6.54. The van der Waals surface area contributed by atoms with E-state index in [2.05, 4.69) is 0 Å². The fraction of sp³-hybridized carbons (Fsp3) is 0.233. The smallest absolute Gasteiger partial charge is 0.364 e.